The first kappa shape index (κ1) is 18.1. The molecule has 8 heteroatoms. The lowest BCUT2D eigenvalue weighted by atomic mass is 10.1. The molecule has 7 nitrogen and oxygen atoms in total. The first-order chi connectivity index (χ1) is 13.5. The van der Waals surface area contributed by atoms with Crippen LogP contribution in [-0.4, -0.2) is 49.1 Å². The van der Waals surface area contributed by atoms with Gasteiger partial charge in [-0.15, -0.1) is 0 Å². The third-order valence-electron chi connectivity index (χ3n) is 4.95. The summed E-state index contributed by atoms with van der Waals surface area (Å²) in [6, 6.07) is 11.5. The predicted molar refractivity (Wildman–Crippen MR) is 104 cm³/mol. The maximum Gasteiger partial charge on any atom is 0.322 e. The van der Waals surface area contributed by atoms with Gasteiger partial charge in [0.2, 0.25) is 0 Å². The van der Waals surface area contributed by atoms with Crippen molar-refractivity contribution >= 4 is 29.0 Å². The largest absolute Gasteiger partial charge is 0.482 e. The van der Waals surface area contributed by atoms with E-state index in [1.807, 2.05) is 17.9 Å². The maximum atomic E-state index is 14.0. The lowest BCUT2D eigenvalue weighted by Crippen LogP contribution is -2.55. The van der Waals surface area contributed by atoms with Crippen LogP contribution in [0.2, 0.25) is 0 Å². The number of hydrogen-bond donors (Lipinski definition) is 2. The molecule has 1 atom stereocenters. The van der Waals surface area contributed by atoms with Crippen molar-refractivity contribution in [2.24, 2.45) is 0 Å². The van der Waals surface area contributed by atoms with Crippen molar-refractivity contribution in [3.05, 3.63) is 48.3 Å². The molecule has 1 saturated heterocycles. The molecule has 0 bridgehead atoms. The quantitative estimate of drug-likeness (QED) is 0.835. The summed E-state index contributed by atoms with van der Waals surface area (Å²) >= 11 is 0. The van der Waals surface area contributed by atoms with Crippen LogP contribution < -0.4 is 20.3 Å². The van der Waals surface area contributed by atoms with Crippen LogP contribution in [-0.2, 0) is 4.79 Å². The highest BCUT2D eigenvalue weighted by Gasteiger charge is 2.29. The van der Waals surface area contributed by atoms with E-state index < -0.39 is 0 Å². The Kier molecular flexibility index (Phi) is 4.77. The average Bonchev–Trinajstić information content (AvgIpc) is 2.68. The number of amides is 3. The normalized spacial score (nSPS) is 18.8. The molecule has 28 heavy (non-hydrogen) atoms. The van der Waals surface area contributed by atoms with Gasteiger partial charge in [-0.3, -0.25) is 4.79 Å². The number of piperazine rings is 1. The average molecular weight is 384 g/mol. The van der Waals surface area contributed by atoms with Gasteiger partial charge >= 0.3 is 6.03 Å². The van der Waals surface area contributed by atoms with Crippen LogP contribution in [0.3, 0.4) is 0 Å². The Balaban J connectivity index is 1.41. The van der Waals surface area contributed by atoms with E-state index in [0.717, 1.165) is 0 Å². The zero-order chi connectivity index (χ0) is 19.7. The van der Waals surface area contributed by atoms with Crippen molar-refractivity contribution in [3.63, 3.8) is 0 Å². The lowest BCUT2D eigenvalue weighted by Gasteiger charge is -2.41. The van der Waals surface area contributed by atoms with E-state index in [4.69, 9.17) is 4.74 Å². The summed E-state index contributed by atoms with van der Waals surface area (Å²) in [6.07, 6.45) is 0. The molecule has 2 heterocycles. The number of carbonyl (C=O) groups is 2. The number of benzene rings is 2. The molecule has 0 spiro atoms. The molecular weight excluding hydrogens is 363 g/mol. The van der Waals surface area contributed by atoms with Crippen molar-refractivity contribution in [2.75, 3.05) is 41.8 Å². The van der Waals surface area contributed by atoms with Crippen molar-refractivity contribution in [1.29, 1.82) is 0 Å². The number of anilines is 3. The number of halogens is 1. The van der Waals surface area contributed by atoms with Gasteiger partial charge in [0, 0.05) is 37.4 Å². The molecule has 0 unspecified atom stereocenters. The van der Waals surface area contributed by atoms with Crippen molar-refractivity contribution < 1.29 is 18.7 Å². The first-order valence-corrected chi connectivity index (χ1v) is 9.15. The van der Waals surface area contributed by atoms with Crippen LogP contribution in [0.5, 0.6) is 5.75 Å². The second-order valence-corrected chi connectivity index (χ2v) is 6.92. The van der Waals surface area contributed by atoms with Crippen LogP contribution in [0.25, 0.3) is 0 Å². The van der Waals surface area contributed by atoms with Gasteiger partial charge in [-0.1, -0.05) is 12.1 Å². The molecule has 2 aromatic rings. The van der Waals surface area contributed by atoms with Crippen molar-refractivity contribution in [1.82, 2.24) is 4.90 Å². The van der Waals surface area contributed by atoms with Gasteiger partial charge in [-0.25, -0.2) is 9.18 Å². The van der Waals surface area contributed by atoms with E-state index in [-0.39, 0.29) is 30.4 Å². The Labute approximate surface area is 162 Å². The Bertz CT molecular complexity index is 920. The van der Waals surface area contributed by atoms with Crippen molar-refractivity contribution in [3.8, 4) is 5.75 Å². The summed E-state index contributed by atoms with van der Waals surface area (Å²) in [6.45, 7) is 3.49. The molecule has 2 N–H and O–H groups in total. The van der Waals surface area contributed by atoms with Gasteiger partial charge in [0.05, 0.1) is 11.4 Å². The molecule has 146 valence electrons. The van der Waals surface area contributed by atoms with Crippen molar-refractivity contribution in [2.45, 2.75) is 13.0 Å². The Morgan fingerprint density at radius 1 is 1.25 bits per heavy atom. The number of carbonyl (C=O) groups excluding carboxylic acids is 2. The fourth-order valence-corrected chi connectivity index (χ4v) is 3.53. The van der Waals surface area contributed by atoms with Crippen LogP contribution >= 0.6 is 0 Å². The first-order valence-electron chi connectivity index (χ1n) is 9.15. The zero-order valence-corrected chi connectivity index (χ0v) is 15.4. The fraction of sp³-hybridized carbons (Fsp3) is 0.300. The fourth-order valence-electron chi connectivity index (χ4n) is 3.53. The molecule has 0 aliphatic carbocycles. The molecule has 2 aliphatic rings. The number of fused-ring (bicyclic) bond motifs is 1. The van der Waals surface area contributed by atoms with E-state index >= 15 is 0 Å². The van der Waals surface area contributed by atoms with E-state index in [1.165, 1.54) is 6.07 Å². The Hall–Kier alpha value is -3.29. The number of rotatable bonds is 2. The van der Waals surface area contributed by atoms with Crippen LogP contribution in [0, 0.1) is 5.82 Å². The minimum absolute atomic E-state index is 0.0422. The summed E-state index contributed by atoms with van der Waals surface area (Å²) in [5.74, 6) is 0.0643. The highest BCUT2D eigenvalue weighted by Crippen LogP contribution is 2.31. The van der Waals surface area contributed by atoms with E-state index in [2.05, 4.69) is 10.6 Å². The van der Waals surface area contributed by atoms with E-state index in [1.54, 1.807) is 35.2 Å². The molecular formula is C20H21FN4O3. The number of nitrogens with one attached hydrogen (secondary N) is 2. The summed E-state index contributed by atoms with van der Waals surface area (Å²) in [5.41, 5.74) is 1.73. The SMILES string of the molecule is C[C@H]1CN(c2ccccc2F)CCN1C(=O)Nc1ccc2c(c1)OCC(=O)N2. The maximum absolute atomic E-state index is 14.0. The molecule has 1 fully saturated rings. The topological polar surface area (TPSA) is 73.9 Å². The van der Waals surface area contributed by atoms with Gasteiger partial charge in [0.25, 0.3) is 5.91 Å². The van der Waals surface area contributed by atoms with Gasteiger partial charge in [-0.05, 0) is 31.2 Å². The second-order valence-electron chi connectivity index (χ2n) is 6.92. The van der Waals surface area contributed by atoms with Crippen LogP contribution in [0.4, 0.5) is 26.2 Å². The van der Waals surface area contributed by atoms with Gasteiger partial charge in [0.15, 0.2) is 6.61 Å². The van der Waals surface area contributed by atoms with E-state index in [0.29, 0.717) is 42.4 Å². The minimum atomic E-state index is -0.256. The highest BCUT2D eigenvalue weighted by atomic mass is 19.1. The van der Waals surface area contributed by atoms with Gasteiger partial charge in [0.1, 0.15) is 11.6 Å². The summed E-state index contributed by atoms with van der Waals surface area (Å²) in [5, 5.41) is 5.58. The van der Waals surface area contributed by atoms with E-state index in [9.17, 15) is 14.0 Å². The Morgan fingerprint density at radius 3 is 2.86 bits per heavy atom. The lowest BCUT2D eigenvalue weighted by molar-refractivity contribution is -0.118. The molecule has 0 aromatic heterocycles. The van der Waals surface area contributed by atoms with Crippen LogP contribution in [0.15, 0.2) is 42.5 Å². The number of nitrogens with zero attached hydrogens (tertiary/aromatic N) is 2. The zero-order valence-electron chi connectivity index (χ0n) is 15.4. The number of hydrogen-bond acceptors (Lipinski definition) is 4. The summed E-state index contributed by atoms with van der Waals surface area (Å²) in [7, 11) is 0. The molecule has 2 aromatic carbocycles. The molecule has 0 saturated carbocycles. The molecule has 4 rings (SSSR count). The second kappa shape index (κ2) is 7.38. The monoisotopic (exact) mass is 384 g/mol. The summed E-state index contributed by atoms with van der Waals surface area (Å²) < 4.78 is 19.4. The predicted octanol–water partition coefficient (Wildman–Crippen LogP) is 2.90. The number of ether oxygens (including phenoxy) is 1. The minimum Gasteiger partial charge on any atom is -0.482 e. The molecule has 2 aliphatic heterocycles. The third kappa shape index (κ3) is 3.58. The molecule has 0 radical (unpaired) electrons. The third-order valence-corrected chi connectivity index (χ3v) is 4.95. The standard InChI is InChI=1S/C20H21FN4O3/c1-13-11-24(17-5-3-2-4-15(17)21)8-9-25(13)20(27)22-14-6-7-16-18(10-14)28-12-19(26)23-16/h2-7,10,13H,8-9,11-12H2,1H3,(H,22,27)(H,23,26)/t13-/m0/s1. The number of urea groups is 1. The van der Waals surface area contributed by atoms with Gasteiger partial charge in [-0.2, -0.15) is 0 Å². The summed E-state index contributed by atoms with van der Waals surface area (Å²) in [4.78, 5) is 27.8. The van der Waals surface area contributed by atoms with Crippen LogP contribution in [0.1, 0.15) is 6.92 Å². The highest BCUT2D eigenvalue weighted by molar-refractivity contribution is 5.96. The van der Waals surface area contributed by atoms with Gasteiger partial charge < -0.3 is 25.2 Å². The molecule has 3 amide bonds. The Morgan fingerprint density at radius 2 is 2.07 bits per heavy atom. The smallest absolute Gasteiger partial charge is 0.322 e. The number of para-hydroxylation sites is 1.